The number of nitrogens with zero attached hydrogens (tertiary/aromatic N) is 6. The number of nitrogens with two attached hydrogens (primary N) is 1. The fourth-order valence-electron chi connectivity index (χ4n) is 4.09. The number of hydrogen-bond acceptors (Lipinski definition) is 9. The van der Waals surface area contributed by atoms with Crippen molar-refractivity contribution < 1.29 is 5.11 Å². The predicted molar refractivity (Wildman–Crippen MR) is 133 cm³/mol. The molecule has 3 aromatic rings. The van der Waals surface area contributed by atoms with Crippen LogP contribution < -0.4 is 16.0 Å². The summed E-state index contributed by atoms with van der Waals surface area (Å²) >= 11 is 0. The first-order chi connectivity index (χ1) is 15.9. The summed E-state index contributed by atoms with van der Waals surface area (Å²) in [5.74, 6) is 1.76. The minimum absolute atomic E-state index is 0.00473. The molecule has 176 valence electrons. The molecule has 1 atom stereocenters. The number of aliphatic hydroxyl groups excluding tert-OH is 1. The number of hydrogen-bond donors (Lipinski definition) is 3. The van der Waals surface area contributed by atoms with Crippen LogP contribution in [0.3, 0.4) is 0 Å². The molecule has 4 rings (SSSR count). The molecular formula is C24H34N8O. The highest BCUT2D eigenvalue weighted by Gasteiger charge is 2.24. The normalized spacial score (nSPS) is 16.7. The Bertz CT molecular complexity index is 1080. The van der Waals surface area contributed by atoms with Crippen LogP contribution in [0.15, 0.2) is 30.6 Å². The van der Waals surface area contributed by atoms with Crippen LogP contribution in [0.25, 0.3) is 22.2 Å². The molecule has 9 heteroatoms. The molecule has 4 heterocycles. The Hall–Kier alpha value is -3.04. The van der Waals surface area contributed by atoms with Gasteiger partial charge in [-0.3, -0.25) is 4.98 Å². The highest BCUT2D eigenvalue weighted by Crippen LogP contribution is 2.29. The summed E-state index contributed by atoms with van der Waals surface area (Å²) in [6.07, 6.45) is 6.50. The lowest BCUT2D eigenvalue weighted by Crippen LogP contribution is -2.44. The maximum absolute atomic E-state index is 9.97. The summed E-state index contributed by atoms with van der Waals surface area (Å²) < 4.78 is 0. The molecule has 0 spiro atoms. The monoisotopic (exact) mass is 450 g/mol. The summed E-state index contributed by atoms with van der Waals surface area (Å²) in [6, 6.07) is 6.01. The largest absolute Gasteiger partial charge is 0.394 e. The van der Waals surface area contributed by atoms with Crippen molar-refractivity contribution in [1.29, 1.82) is 0 Å². The molecule has 4 N–H and O–H groups in total. The van der Waals surface area contributed by atoms with Gasteiger partial charge in [0, 0.05) is 44.1 Å². The van der Waals surface area contributed by atoms with Crippen LogP contribution in [0.4, 0.5) is 17.6 Å². The number of aliphatic hydroxyl groups is 1. The Kier molecular flexibility index (Phi) is 6.90. The second-order valence-corrected chi connectivity index (χ2v) is 9.16. The highest BCUT2D eigenvalue weighted by atomic mass is 16.3. The van der Waals surface area contributed by atoms with Crippen molar-refractivity contribution in [3.05, 3.63) is 30.6 Å². The SMILES string of the molecule is CCCC[C@](C)(CO)Nc1nc(N)nc2cc(-c3ccc(N4CCN(C)CC4)nc3)ncc12. The van der Waals surface area contributed by atoms with E-state index < -0.39 is 5.54 Å². The molecule has 0 bridgehead atoms. The van der Waals surface area contributed by atoms with Gasteiger partial charge < -0.3 is 26.0 Å². The van der Waals surface area contributed by atoms with E-state index in [-0.39, 0.29) is 12.6 Å². The van der Waals surface area contributed by atoms with Crippen LogP contribution in [0.2, 0.25) is 0 Å². The quantitative estimate of drug-likeness (QED) is 0.476. The van der Waals surface area contributed by atoms with Crippen molar-refractivity contribution in [3.63, 3.8) is 0 Å². The van der Waals surface area contributed by atoms with Crippen LogP contribution in [0.1, 0.15) is 33.1 Å². The van der Waals surface area contributed by atoms with E-state index in [4.69, 9.17) is 5.73 Å². The van der Waals surface area contributed by atoms with E-state index in [1.807, 2.05) is 31.3 Å². The maximum Gasteiger partial charge on any atom is 0.222 e. The topological polar surface area (TPSA) is 116 Å². The van der Waals surface area contributed by atoms with Crippen LogP contribution >= 0.6 is 0 Å². The molecule has 0 radical (unpaired) electrons. The van der Waals surface area contributed by atoms with Crippen molar-refractivity contribution in [2.24, 2.45) is 0 Å². The van der Waals surface area contributed by atoms with Gasteiger partial charge in [-0.15, -0.1) is 0 Å². The van der Waals surface area contributed by atoms with E-state index in [1.54, 1.807) is 6.20 Å². The zero-order valence-corrected chi connectivity index (χ0v) is 19.8. The van der Waals surface area contributed by atoms with E-state index >= 15 is 0 Å². The number of fused-ring (bicyclic) bond motifs is 1. The van der Waals surface area contributed by atoms with Crippen LogP contribution in [0.5, 0.6) is 0 Å². The minimum Gasteiger partial charge on any atom is -0.394 e. The van der Waals surface area contributed by atoms with Gasteiger partial charge in [0.05, 0.1) is 28.7 Å². The van der Waals surface area contributed by atoms with Crippen molar-refractivity contribution in [2.45, 2.75) is 38.6 Å². The molecule has 1 fully saturated rings. The number of likely N-dealkylation sites (N-methyl/N-ethyl adjacent to an activating group) is 1. The van der Waals surface area contributed by atoms with Gasteiger partial charge in [-0.25, -0.2) is 9.97 Å². The Balaban J connectivity index is 1.59. The lowest BCUT2D eigenvalue weighted by Gasteiger charge is -2.33. The zero-order valence-electron chi connectivity index (χ0n) is 19.8. The Morgan fingerprint density at radius 1 is 1.12 bits per heavy atom. The molecule has 1 aliphatic rings. The third-order valence-electron chi connectivity index (χ3n) is 6.32. The van der Waals surface area contributed by atoms with Gasteiger partial charge in [0.1, 0.15) is 11.6 Å². The molecule has 0 aromatic carbocycles. The second-order valence-electron chi connectivity index (χ2n) is 9.16. The van der Waals surface area contributed by atoms with E-state index in [0.717, 1.165) is 67.9 Å². The molecule has 33 heavy (non-hydrogen) atoms. The van der Waals surface area contributed by atoms with Crippen molar-refractivity contribution >= 4 is 28.5 Å². The van der Waals surface area contributed by atoms with Crippen LogP contribution in [0, 0.1) is 0 Å². The number of nitrogens with one attached hydrogen (secondary N) is 1. The first-order valence-corrected chi connectivity index (χ1v) is 11.6. The molecule has 0 unspecified atom stereocenters. The van der Waals surface area contributed by atoms with E-state index in [9.17, 15) is 5.11 Å². The molecular weight excluding hydrogens is 416 g/mol. The molecule has 3 aromatic heterocycles. The summed E-state index contributed by atoms with van der Waals surface area (Å²) in [4.78, 5) is 22.8. The third kappa shape index (κ3) is 5.31. The fourth-order valence-corrected chi connectivity index (χ4v) is 4.09. The average molecular weight is 451 g/mol. The van der Waals surface area contributed by atoms with Gasteiger partial charge >= 0.3 is 0 Å². The van der Waals surface area contributed by atoms with Crippen molar-refractivity contribution in [3.8, 4) is 11.3 Å². The Morgan fingerprint density at radius 2 is 1.91 bits per heavy atom. The number of nitrogen functional groups attached to an aromatic ring is 1. The van der Waals surface area contributed by atoms with E-state index in [0.29, 0.717) is 11.3 Å². The van der Waals surface area contributed by atoms with Crippen molar-refractivity contribution in [2.75, 3.05) is 55.8 Å². The lowest BCUT2D eigenvalue weighted by atomic mass is 9.95. The molecule has 1 saturated heterocycles. The van der Waals surface area contributed by atoms with Crippen LogP contribution in [-0.2, 0) is 0 Å². The van der Waals surface area contributed by atoms with E-state index in [2.05, 4.69) is 49.0 Å². The maximum atomic E-state index is 9.97. The van der Waals surface area contributed by atoms with Gasteiger partial charge in [0.15, 0.2) is 0 Å². The van der Waals surface area contributed by atoms with Gasteiger partial charge in [-0.05, 0) is 38.6 Å². The summed E-state index contributed by atoms with van der Waals surface area (Å²) in [5.41, 5.74) is 7.93. The zero-order chi connectivity index (χ0) is 23.4. The van der Waals surface area contributed by atoms with Crippen LogP contribution in [-0.4, -0.2) is 75.3 Å². The lowest BCUT2D eigenvalue weighted by molar-refractivity contribution is 0.212. The summed E-state index contributed by atoms with van der Waals surface area (Å²) in [7, 11) is 2.14. The van der Waals surface area contributed by atoms with Crippen molar-refractivity contribution in [1.82, 2.24) is 24.8 Å². The number of anilines is 3. The molecule has 0 amide bonds. The van der Waals surface area contributed by atoms with Gasteiger partial charge in [-0.2, -0.15) is 4.98 Å². The summed E-state index contributed by atoms with van der Waals surface area (Å²) in [6.45, 7) is 8.16. The van der Waals surface area contributed by atoms with E-state index in [1.165, 1.54) is 0 Å². The first kappa shape index (κ1) is 23.1. The summed E-state index contributed by atoms with van der Waals surface area (Å²) in [5, 5.41) is 14.1. The Morgan fingerprint density at radius 3 is 2.58 bits per heavy atom. The standard InChI is InChI=1S/C24H34N8O/c1-4-5-8-24(2,16-33)30-22-18-15-26-19(13-20(18)28-23(25)29-22)17-6-7-21(27-14-17)32-11-9-31(3)10-12-32/h6-7,13-15,33H,4-5,8-12,16H2,1-3H3,(H3,25,28,29,30)/t24-/m1/s1. The number of unbranched alkanes of at least 4 members (excludes halogenated alkanes) is 1. The number of aromatic nitrogens is 4. The highest BCUT2D eigenvalue weighted by molar-refractivity contribution is 5.91. The predicted octanol–water partition coefficient (Wildman–Crippen LogP) is 2.77. The minimum atomic E-state index is -0.495. The number of rotatable bonds is 8. The third-order valence-corrected chi connectivity index (χ3v) is 6.32. The molecule has 0 aliphatic carbocycles. The second kappa shape index (κ2) is 9.84. The Labute approximate surface area is 195 Å². The smallest absolute Gasteiger partial charge is 0.222 e. The molecule has 9 nitrogen and oxygen atoms in total. The number of piperazine rings is 1. The van der Waals surface area contributed by atoms with Gasteiger partial charge in [0.2, 0.25) is 5.95 Å². The first-order valence-electron chi connectivity index (χ1n) is 11.6. The molecule has 1 aliphatic heterocycles. The fraction of sp³-hybridized carbons (Fsp3) is 0.500. The molecule has 0 saturated carbocycles. The number of pyridine rings is 2. The average Bonchev–Trinajstić information content (AvgIpc) is 2.83. The van der Waals surface area contributed by atoms with Gasteiger partial charge in [0.25, 0.3) is 0 Å². The van der Waals surface area contributed by atoms with Gasteiger partial charge in [-0.1, -0.05) is 19.8 Å².